The molecule has 4 aliphatic carbocycles. The second-order valence-corrected chi connectivity index (χ2v) is 23.6. The topological polar surface area (TPSA) is 6.48 Å². The second-order valence-electron chi connectivity index (χ2n) is 23.6. The Kier molecular flexibility index (Phi) is 10.4. The number of fused-ring (bicyclic) bond motifs is 18. The molecule has 2 fully saturated rings. The first-order valence-corrected chi connectivity index (χ1v) is 28.9. The fourth-order valence-corrected chi connectivity index (χ4v) is 16.1. The lowest BCUT2D eigenvalue weighted by Gasteiger charge is -2.42. The molecule has 0 saturated heterocycles. The van der Waals surface area contributed by atoms with Gasteiger partial charge in [0.25, 0.3) is 0 Å². The average molecular weight is 1020 g/mol. The van der Waals surface area contributed by atoms with Crippen LogP contribution in [-0.2, 0) is 16.2 Å². The SMILES string of the molecule is CN1c2ccccc2C2(CCCC2)c2ccc(-c3ccc(C=Cc4ccc5c(c4)C4(c6ccccc6-c6ccccc64)c4cc(C=Cc6ccc(-c7ccc8c(c7)N(C)c7ccccc7C87CCCC7)cc6)ccc4-5)cc3)cc21. The average Bonchev–Trinajstić information content (AvgIpc) is 2.90. The maximum absolute atomic E-state index is 2.47. The summed E-state index contributed by atoms with van der Waals surface area (Å²) in [6.07, 6.45) is 19.2. The highest BCUT2D eigenvalue weighted by Crippen LogP contribution is 2.64. The summed E-state index contributed by atoms with van der Waals surface area (Å²) in [5, 5.41) is 0. The Labute approximate surface area is 465 Å². The minimum absolute atomic E-state index is 0.126. The zero-order valence-corrected chi connectivity index (χ0v) is 45.1. The minimum atomic E-state index is -0.445. The third-order valence-corrected chi connectivity index (χ3v) is 19.8. The van der Waals surface area contributed by atoms with E-state index in [0.717, 1.165) is 0 Å². The third-order valence-electron chi connectivity index (χ3n) is 19.8. The minimum Gasteiger partial charge on any atom is -0.344 e. The highest BCUT2D eigenvalue weighted by atomic mass is 15.1. The van der Waals surface area contributed by atoms with Gasteiger partial charge in [-0.15, -0.1) is 0 Å². The highest BCUT2D eigenvalue weighted by molar-refractivity contribution is 5.96. The molecule has 3 spiro atoms. The monoisotopic (exact) mass is 1010 g/mol. The van der Waals surface area contributed by atoms with Crippen LogP contribution in [-0.4, -0.2) is 14.1 Å². The van der Waals surface area contributed by atoms with Crippen molar-refractivity contribution in [2.24, 2.45) is 0 Å². The molecule has 0 amide bonds. The van der Waals surface area contributed by atoms with Crippen molar-refractivity contribution in [2.75, 3.05) is 23.9 Å². The number of para-hydroxylation sites is 2. The van der Waals surface area contributed by atoms with Crippen molar-refractivity contribution in [3.8, 4) is 44.5 Å². The first-order chi connectivity index (χ1) is 38.9. The maximum Gasteiger partial charge on any atom is 0.0725 e. The Bertz CT molecular complexity index is 3900. The van der Waals surface area contributed by atoms with Gasteiger partial charge in [-0.2, -0.15) is 0 Å². The molecule has 16 rings (SSSR count). The molecule has 380 valence electrons. The largest absolute Gasteiger partial charge is 0.344 e. The Morgan fingerprint density at radius 2 is 0.608 bits per heavy atom. The van der Waals surface area contributed by atoms with Crippen LogP contribution in [0.15, 0.2) is 218 Å². The molecule has 0 N–H and O–H groups in total. The molecular weight excluding hydrogens is 953 g/mol. The van der Waals surface area contributed by atoms with Crippen molar-refractivity contribution in [3.63, 3.8) is 0 Å². The van der Waals surface area contributed by atoms with E-state index < -0.39 is 5.41 Å². The van der Waals surface area contributed by atoms with Crippen molar-refractivity contribution >= 4 is 47.1 Å². The molecule has 2 saturated carbocycles. The Balaban J connectivity index is 0.700. The van der Waals surface area contributed by atoms with Crippen molar-refractivity contribution in [2.45, 2.75) is 67.6 Å². The standard InChI is InChI=1S/C77H62N2/c1-78-71-21-9-7-19-65(71)75(43-11-12-44-75)67-41-37-57(49-73(67)78)55-33-27-51(28-34-55)23-25-53-31-39-61-62-40-32-54(48-70(62)77(69(61)47-53)63-17-5-3-15-59(63)60-16-4-6-18-64(60)77)26-24-52-29-35-56(36-30-52)58-38-42-68-74(50-58)79(2)72-22-10-8-20-66(72)76(68)45-13-14-46-76/h3-10,15-42,47-50H,11-14,43-46H2,1-2H3. The van der Waals surface area contributed by atoms with Crippen LogP contribution in [0.5, 0.6) is 0 Å². The molecule has 79 heavy (non-hydrogen) atoms. The van der Waals surface area contributed by atoms with Crippen LogP contribution >= 0.6 is 0 Å². The molecule has 0 unspecified atom stereocenters. The molecule has 0 aromatic heterocycles. The Morgan fingerprint density at radius 3 is 1.04 bits per heavy atom. The highest BCUT2D eigenvalue weighted by Gasteiger charge is 2.52. The normalized spacial score (nSPS) is 17.0. The van der Waals surface area contributed by atoms with Gasteiger partial charge < -0.3 is 9.80 Å². The van der Waals surface area contributed by atoms with Crippen LogP contribution in [0.25, 0.3) is 68.8 Å². The first-order valence-electron chi connectivity index (χ1n) is 28.9. The van der Waals surface area contributed by atoms with Gasteiger partial charge in [-0.05, 0) is 173 Å². The molecular formula is C77H62N2. The third kappa shape index (κ3) is 6.77. The van der Waals surface area contributed by atoms with Gasteiger partial charge in [0.05, 0.1) is 5.41 Å². The number of hydrogen-bond acceptors (Lipinski definition) is 2. The summed E-state index contributed by atoms with van der Waals surface area (Å²) >= 11 is 0. The van der Waals surface area contributed by atoms with Crippen LogP contribution in [0.4, 0.5) is 22.7 Å². The predicted octanol–water partition coefficient (Wildman–Crippen LogP) is 19.6. The molecule has 10 aromatic rings. The molecule has 2 heterocycles. The molecule has 2 aliphatic heterocycles. The van der Waals surface area contributed by atoms with Crippen LogP contribution in [0.3, 0.4) is 0 Å². The van der Waals surface area contributed by atoms with Crippen LogP contribution in [0.2, 0.25) is 0 Å². The summed E-state index contributed by atoms with van der Waals surface area (Å²) in [6.45, 7) is 0. The van der Waals surface area contributed by atoms with E-state index in [1.54, 1.807) is 0 Å². The van der Waals surface area contributed by atoms with Gasteiger partial charge in [-0.25, -0.2) is 0 Å². The van der Waals surface area contributed by atoms with E-state index in [4.69, 9.17) is 0 Å². The fraction of sp³-hybridized carbons (Fsp3) is 0.169. The summed E-state index contributed by atoms with van der Waals surface area (Å²) in [6, 6.07) is 83.5. The molecule has 0 bridgehead atoms. The first kappa shape index (κ1) is 46.4. The molecule has 10 aromatic carbocycles. The van der Waals surface area contributed by atoms with E-state index in [2.05, 4.69) is 267 Å². The Morgan fingerprint density at radius 1 is 0.278 bits per heavy atom. The van der Waals surface area contributed by atoms with Crippen LogP contribution in [0.1, 0.15) is 118 Å². The summed E-state index contributed by atoms with van der Waals surface area (Å²) in [4.78, 5) is 4.84. The zero-order chi connectivity index (χ0) is 52.5. The van der Waals surface area contributed by atoms with Crippen LogP contribution < -0.4 is 9.80 Å². The quantitative estimate of drug-likeness (QED) is 0.153. The van der Waals surface area contributed by atoms with E-state index in [0.29, 0.717) is 0 Å². The maximum atomic E-state index is 2.47. The van der Waals surface area contributed by atoms with Crippen molar-refractivity contribution in [1.82, 2.24) is 0 Å². The van der Waals surface area contributed by atoms with E-state index in [1.807, 2.05) is 0 Å². The van der Waals surface area contributed by atoms with Crippen molar-refractivity contribution in [3.05, 3.63) is 285 Å². The molecule has 0 atom stereocenters. The van der Waals surface area contributed by atoms with Crippen molar-refractivity contribution in [1.29, 1.82) is 0 Å². The van der Waals surface area contributed by atoms with Gasteiger partial charge in [0.1, 0.15) is 0 Å². The van der Waals surface area contributed by atoms with Gasteiger partial charge in [-0.1, -0.05) is 232 Å². The second kappa shape index (κ2) is 17.6. The molecule has 2 heteroatoms. The summed E-state index contributed by atoms with van der Waals surface area (Å²) in [5.74, 6) is 0. The number of benzene rings is 10. The zero-order valence-electron chi connectivity index (χ0n) is 45.1. The predicted molar refractivity (Wildman–Crippen MR) is 332 cm³/mol. The van der Waals surface area contributed by atoms with E-state index in [9.17, 15) is 0 Å². The van der Waals surface area contributed by atoms with Crippen molar-refractivity contribution < 1.29 is 0 Å². The summed E-state index contributed by atoms with van der Waals surface area (Å²) < 4.78 is 0. The smallest absolute Gasteiger partial charge is 0.0725 e. The Hall–Kier alpha value is -8.72. The number of nitrogens with zero attached hydrogens (tertiary/aromatic N) is 2. The molecule has 6 aliphatic rings. The lowest BCUT2D eigenvalue weighted by atomic mass is 9.69. The summed E-state index contributed by atoms with van der Waals surface area (Å²) in [7, 11) is 4.49. The van der Waals surface area contributed by atoms with Gasteiger partial charge in [0.15, 0.2) is 0 Å². The number of anilines is 4. The lowest BCUT2D eigenvalue weighted by molar-refractivity contribution is 0.529. The molecule has 2 nitrogen and oxygen atoms in total. The van der Waals surface area contributed by atoms with E-state index >= 15 is 0 Å². The molecule has 0 radical (unpaired) electrons. The van der Waals surface area contributed by atoms with E-state index in [1.165, 1.54) is 185 Å². The number of hydrogen-bond donors (Lipinski definition) is 0. The number of rotatable bonds is 6. The van der Waals surface area contributed by atoms with E-state index in [-0.39, 0.29) is 10.8 Å². The lowest BCUT2D eigenvalue weighted by Crippen LogP contribution is -2.33. The van der Waals surface area contributed by atoms with Gasteiger partial charge >= 0.3 is 0 Å². The fourth-order valence-electron chi connectivity index (χ4n) is 16.1. The van der Waals surface area contributed by atoms with Gasteiger partial charge in [0, 0.05) is 47.7 Å². The van der Waals surface area contributed by atoms with Gasteiger partial charge in [0.2, 0.25) is 0 Å². The van der Waals surface area contributed by atoms with Crippen LogP contribution in [0, 0.1) is 0 Å². The van der Waals surface area contributed by atoms with Gasteiger partial charge in [-0.3, -0.25) is 0 Å². The summed E-state index contributed by atoms with van der Waals surface area (Å²) in [5.41, 5.74) is 31.7.